The van der Waals surface area contributed by atoms with Gasteiger partial charge in [-0.05, 0) is 92.7 Å². The largest absolute Gasteiger partial charge is 0.494 e. The van der Waals surface area contributed by atoms with Gasteiger partial charge in [-0.15, -0.1) is 0 Å². The molecule has 1 aliphatic rings. The number of aromatic nitrogens is 1. The van der Waals surface area contributed by atoms with E-state index in [4.69, 9.17) is 16.3 Å². The van der Waals surface area contributed by atoms with Gasteiger partial charge in [-0.2, -0.15) is 0 Å². The number of halogens is 2. The Bertz CT molecular complexity index is 1380. The molecule has 0 saturated carbocycles. The molecule has 0 spiro atoms. The lowest BCUT2D eigenvalue weighted by molar-refractivity contribution is -0.127. The number of carbonyl (C=O) groups is 3. The van der Waals surface area contributed by atoms with Crippen LogP contribution in [0.15, 0.2) is 53.4 Å². The van der Waals surface area contributed by atoms with Crippen molar-refractivity contribution in [2.24, 2.45) is 0 Å². The number of hydrogen-bond donors (Lipinski definition) is 1. The van der Waals surface area contributed by atoms with Gasteiger partial charge in [0.05, 0.1) is 16.5 Å². The molecule has 36 heavy (non-hydrogen) atoms. The SMILES string of the molecule is CCOc1ccc(NC(=O)CN2C(=O)S/C(=C/c3cc(C)n(-c4ccc(F)c(Cl)c4)c3C)C2=O)cc1. The molecule has 1 aliphatic heterocycles. The van der Waals surface area contributed by atoms with E-state index >= 15 is 0 Å². The van der Waals surface area contributed by atoms with Crippen molar-refractivity contribution < 1.29 is 23.5 Å². The number of nitrogens with one attached hydrogen (secondary N) is 1. The van der Waals surface area contributed by atoms with Crippen LogP contribution in [0.1, 0.15) is 23.9 Å². The minimum absolute atomic E-state index is 0.00572. The first-order valence-electron chi connectivity index (χ1n) is 11.1. The molecule has 0 radical (unpaired) electrons. The highest BCUT2D eigenvalue weighted by molar-refractivity contribution is 8.18. The van der Waals surface area contributed by atoms with Crippen molar-refractivity contribution in [3.8, 4) is 11.4 Å². The number of anilines is 1. The van der Waals surface area contributed by atoms with Gasteiger partial charge < -0.3 is 14.6 Å². The summed E-state index contributed by atoms with van der Waals surface area (Å²) in [6.45, 7) is 5.73. The Hall–Kier alpha value is -3.56. The first-order valence-corrected chi connectivity index (χ1v) is 12.3. The van der Waals surface area contributed by atoms with Crippen LogP contribution >= 0.6 is 23.4 Å². The van der Waals surface area contributed by atoms with Crippen LogP contribution in [0.25, 0.3) is 11.8 Å². The molecular formula is C26H23ClFN3O4S. The van der Waals surface area contributed by atoms with Crippen LogP contribution in [0.3, 0.4) is 0 Å². The molecular weight excluding hydrogens is 505 g/mol. The van der Waals surface area contributed by atoms with Gasteiger partial charge in [0.1, 0.15) is 18.1 Å². The Balaban J connectivity index is 1.49. The standard InChI is InChI=1S/C26H23ClFN3O4S/c1-4-35-20-8-5-18(6-9-20)29-24(32)14-30-25(33)23(36-26(30)34)12-17-11-15(2)31(16(17)3)19-7-10-22(28)21(27)13-19/h5-13H,4,14H2,1-3H3,(H,29,32)/b23-12+. The minimum Gasteiger partial charge on any atom is -0.494 e. The Labute approximate surface area is 216 Å². The van der Waals surface area contributed by atoms with Crippen LogP contribution in [0.4, 0.5) is 14.9 Å². The molecule has 0 atom stereocenters. The lowest BCUT2D eigenvalue weighted by atomic mass is 10.2. The fourth-order valence-corrected chi connectivity index (χ4v) is 4.88. The van der Waals surface area contributed by atoms with Crippen LogP contribution in [0.2, 0.25) is 5.02 Å². The third-order valence-electron chi connectivity index (χ3n) is 5.54. The molecule has 0 bridgehead atoms. The fraction of sp³-hybridized carbons (Fsp3) is 0.192. The lowest BCUT2D eigenvalue weighted by Gasteiger charge is -2.12. The summed E-state index contributed by atoms with van der Waals surface area (Å²) in [7, 11) is 0. The average molecular weight is 528 g/mol. The Kier molecular flexibility index (Phi) is 7.51. The number of aryl methyl sites for hydroxylation is 1. The molecule has 2 aromatic carbocycles. The van der Waals surface area contributed by atoms with E-state index in [1.807, 2.05) is 31.4 Å². The highest BCUT2D eigenvalue weighted by Crippen LogP contribution is 2.34. The van der Waals surface area contributed by atoms with Gasteiger partial charge in [-0.3, -0.25) is 19.3 Å². The predicted octanol–water partition coefficient (Wildman–Crippen LogP) is 5.96. The van der Waals surface area contributed by atoms with E-state index in [-0.39, 0.29) is 9.93 Å². The van der Waals surface area contributed by atoms with Gasteiger partial charge in [-0.1, -0.05) is 11.6 Å². The summed E-state index contributed by atoms with van der Waals surface area (Å²) < 4.78 is 20.9. The van der Waals surface area contributed by atoms with Crippen molar-refractivity contribution in [1.82, 2.24) is 9.47 Å². The average Bonchev–Trinajstić information content (AvgIpc) is 3.26. The maximum absolute atomic E-state index is 13.6. The summed E-state index contributed by atoms with van der Waals surface area (Å²) in [6.07, 6.45) is 1.62. The molecule has 3 aromatic rings. The zero-order valence-electron chi connectivity index (χ0n) is 19.8. The van der Waals surface area contributed by atoms with Crippen LogP contribution in [0, 0.1) is 19.7 Å². The number of nitrogens with zero attached hydrogens (tertiary/aromatic N) is 2. The monoisotopic (exact) mass is 527 g/mol. The third-order valence-corrected chi connectivity index (χ3v) is 6.74. The summed E-state index contributed by atoms with van der Waals surface area (Å²) in [6, 6.07) is 13.1. The van der Waals surface area contributed by atoms with Crippen LogP contribution in [0.5, 0.6) is 5.75 Å². The molecule has 1 fully saturated rings. The third kappa shape index (κ3) is 5.32. The molecule has 7 nitrogen and oxygen atoms in total. The number of amides is 3. The van der Waals surface area contributed by atoms with Gasteiger partial charge in [-0.25, -0.2) is 4.39 Å². The van der Waals surface area contributed by atoms with Crippen LogP contribution in [-0.4, -0.2) is 39.7 Å². The number of carbonyl (C=O) groups excluding carboxylic acids is 3. The Morgan fingerprint density at radius 1 is 1.14 bits per heavy atom. The second-order valence-corrected chi connectivity index (χ2v) is 9.43. The maximum Gasteiger partial charge on any atom is 0.294 e. The number of thioether (sulfide) groups is 1. The van der Waals surface area contributed by atoms with Crippen molar-refractivity contribution in [3.63, 3.8) is 0 Å². The summed E-state index contributed by atoms with van der Waals surface area (Å²) in [5.74, 6) is -0.868. The van der Waals surface area contributed by atoms with E-state index in [2.05, 4.69) is 5.32 Å². The number of ether oxygens (including phenoxy) is 1. The molecule has 1 N–H and O–H groups in total. The first kappa shape index (κ1) is 25.5. The van der Waals surface area contributed by atoms with Gasteiger partial charge in [0.25, 0.3) is 11.1 Å². The van der Waals surface area contributed by atoms with E-state index < -0.39 is 29.4 Å². The van der Waals surface area contributed by atoms with E-state index in [0.717, 1.165) is 33.6 Å². The van der Waals surface area contributed by atoms with E-state index in [1.54, 1.807) is 36.4 Å². The van der Waals surface area contributed by atoms with E-state index in [1.165, 1.54) is 12.1 Å². The number of imide groups is 1. The summed E-state index contributed by atoms with van der Waals surface area (Å²) in [5.41, 5.74) is 3.55. The summed E-state index contributed by atoms with van der Waals surface area (Å²) in [5, 5.41) is 2.16. The topological polar surface area (TPSA) is 80.6 Å². The lowest BCUT2D eigenvalue weighted by Crippen LogP contribution is -2.36. The quantitative estimate of drug-likeness (QED) is 0.383. The summed E-state index contributed by atoms with van der Waals surface area (Å²) in [4.78, 5) is 39.1. The number of hydrogen-bond acceptors (Lipinski definition) is 5. The number of benzene rings is 2. The molecule has 10 heteroatoms. The van der Waals surface area contributed by atoms with Crippen molar-refractivity contribution >= 4 is 52.2 Å². The second-order valence-electron chi connectivity index (χ2n) is 8.03. The molecule has 1 saturated heterocycles. The molecule has 2 heterocycles. The Morgan fingerprint density at radius 3 is 2.53 bits per heavy atom. The zero-order chi connectivity index (χ0) is 26.0. The van der Waals surface area contributed by atoms with Crippen LogP contribution < -0.4 is 10.1 Å². The first-order chi connectivity index (χ1) is 17.2. The molecule has 0 aliphatic carbocycles. The Morgan fingerprint density at radius 2 is 1.86 bits per heavy atom. The smallest absolute Gasteiger partial charge is 0.294 e. The highest BCUT2D eigenvalue weighted by Gasteiger charge is 2.36. The van der Waals surface area contributed by atoms with Gasteiger partial charge in [0.2, 0.25) is 5.91 Å². The maximum atomic E-state index is 13.6. The normalized spacial score (nSPS) is 14.6. The fourth-order valence-electron chi connectivity index (χ4n) is 3.88. The van der Waals surface area contributed by atoms with Crippen LogP contribution in [-0.2, 0) is 9.59 Å². The van der Waals surface area contributed by atoms with Crippen molar-refractivity contribution in [1.29, 1.82) is 0 Å². The van der Waals surface area contributed by atoms with Crippen molar-refractivity contribution in [2.75, 3.05) is 18.5 Å². The zero-order valence-corrected chi connectivity index (χ0v) is 21.4. The van der Waals surface area contributed by atoms with Crippen molar-refractivity contribution in [2.45, 2.75) is 20.8 Å². The van der Waals surface area contributed by atoms with Crippen molar-refractivity contribution in [3.05, 3.63) is 81.2 Å². The summed E-state index contributed by atoms with van der Waals surface area (Å²) >= 11 is 6.73. The molecule has 0 unspecified atom stereocenters. The number of rotatable bonds is 7. The molecule has 186 valence electrons. The van der Waals surface area contributed by atoms with Gasteiger partial charge >= 0.3 is 0 Å². The second kappa shape index (κ2) is 10.6. The van der Waals surface area contributed by atoms with E-state index in [0.29, 0.717) is 23.7 Å². The van der Waals surface area contributed by atoms with E-state index in [9.17, 15) is 18.8 Å². The highest BCUT2D eigenvalue weighted by atomic mass is 35.5. The predicted molar refractivity (Wildman–Crippen MR) is 139 cm³/mol. The van der Waals surface area contributed by atoms with Gasteiger partial charge in [0.15, 0.2) is 0 Å². The molecule has 3 amide bonds. The van der Waals surface area contributed by atoms with Gasteiger partial charge in [0, 0.05) is 22.8 Å². The molecule has 4 rings (SSSR count). The minimum atomic E-state index is -0.540. The molecule has 1 aromatic heterocycles.